The van der Waals surface area contributed by atoms with Crippen LogP contribution in [-0.2, 0) is 6.54 Å². The SMILES string of the molecule is COc1cccc(NCc2cc(C)c(C)cc2OC)c1. The molecule has 1 N–H and O–H groups in total. The minimum Gasteiger partial charge on any atom is -0.497 e. The van der Waals surface area contributed by atoms with E-state index in [0.29, 0.717) is 0 Å². The molecular weight excluding hydrogens is 250 g/mol. The molecule has 0 bridgehead atoms. The first-order valence-corrected chi connectivity index (χ1v) is 6.66. The summed E-state index contributed by atoms with van der Waals surface area (Å²) < 4.78 is 10.7. The van der Waals surface area contributed by atoms with Crippen LogP contribution in [0.15, 0.2) is 36.4 Å². The summed E-state index contributed by atoms with van der Waals surface area (Å²) in [6.45, 7) is 4.93. The smallest absolute Gasteiger partial charge is 0.124 e. The molecule has 0 saturated carbocycles. The van der Waals surface area contributed by atoms with Crippen molar-refractivity contribution in [2.45, 2.75) is 20.4 Å². The van der Waals surface area contributed by atoms with E-state index in [0.717, 1.165) is 29.3 Å². The van der Waals surface area contributed by atoms with Gasteiger partial charge in [0.15, 0.2) is 0 Å². The Morgan fingerprint density at radius 2 is 1.70 bits per heavy atom. The Hall–Kier alpha value is -2.16. The van der Waals surface area contributed by atoms with Crippen LogP contribution in [-0.4, -0.2) is 14.2 Å². The molecule has 3 heteroatoms. The van der Waals surface area contributed by atoms with Crippen LogP contribution in [0.2, 0.25) is 0 Å². The van der Waals surface area contributed by atoms with Crippen LogP contribution in [0.3, 0.4) is 0 Å². The number of anilines is 1. The molecule has 106 valence electrons. The fourth-order valence-electron chi connectivity index (χ4n) is 2.11. The van der Waals surface area contributed by atoms with Crippen molar-refractivity contribution >= 4 is 5.69 Å². The molecule has 0 aliphatic heterocycles. The molecule has 0 heterocycles. The number of hydrogen-bond acceptors (Lipinski definition) is 3. The number of ether oxygens (including phenoxy) is 2. The van der Waals surface area contributed by atoms with Crippen molar-refractivity contribution in [1.82, 2.24) is 0 Å². The lowest BCUT2D eigenvalue weighted by Gasteiger charge is -2.13. The predicted octanol–water partition coefficient (Wildman–Crippen LogP) is 3.93. The Balaban J connectivity index is 2.15. The van der Waals surface area contributed by atoms with Gasteiger partial charge in [0, 0.05) is 23.9 Å². The third kappa shape index (κ3) is 3.23. The fourth-order valence-corrected chi connectivity index (χ4v) is 2.11. The van der Waals surface area contributed by atoms with Gasteiger partial charge in [0.2, 0.25) is 0 Å². The highest BCUT2D eigenvalue weighted by molar-refractivity contribution is 5.50. The van der Waals surface area contributed by atoms with Gasteiger partial charge in [-0.05, 0) is 43.2 Å². The molecule has 20 heavy (non-hydrogen) atoms. The zero-order chi connectivity index (χ0) is 14.5. The van der Waals surface area contributed by atoms with Gasteiger partial charge in [0.1, 0.15) is 11.5 Å². The van der Waals surface area contributed by atoms with E-state index in [1.165, 1.54) is 11.1 Å². The van der Waals surface area contributed by atoms with Crippen LogP contribution >= 0.6 is 0 Å². The lowest BCUT2D eigenvalue weighted by molar-refractivity contribution is 0.410. The highest BCUT2D eigenvalue weighted by atomic mass is 16.5. The summed E-state index contributed by atoms with van der Waals surface area (Å²) in [6, 6.07) is 12.2. The molecular formula is C17H21NO2. The van der Waals surface area contributed by atoms with Gasteiger partial charge in [-0.2, -0.15) is 0 Å². The average molecular weight is 271 g/mol. The molecule has 0 spiro atoms. The first-order chi connectivity index (χ1) is 9.63. The number of hydrogen-bond donors (Lipinski definition) is 1. The van der Waals surface area contributed by atoms with Gasteiger partial charge in [-0.15, -0.1) is 0 Å². The van der Waals surface area contributed by atoms with Gasteiger partial charge in [-0.1, -0.05) is 12.1 Å². The minimum atomic E-state index is 0.720. The summed E-state index contributed by atoms with van der Waals surface area (Å²) in [5.74, 6) is 1.77. The van der Waals surface area contributed by atoms with Crippen molar-refractivity contribution < 1.29 is 9.47 Å². The summed E-state index contributed by atoms with van der Waals surface area (Å²) in [4.78, 5) is 0. The topological polar surface area (TPSA) is 30.5 Å². The van der Waals surface area contributed by atoms with Crippen molar-refractivity contribution in [1.29, 1.82) is 0 Å². The van der Waals surface area contributed by atoms with E-state index in [1.54, 1.807) is 14.2 Å². The highest BCUT2D eigenvalue weighted by Crippen LogP contribution is 2.24. The molecule has 2 rings (SSSR count). The highest BCUT2D eigenvalue weighted by Gasteiger charge is 2.06. The van der Waals surface area contributed by atoms with Crippen LogP contribution in [0.25, 0.3) is 0 Å². The van der Waals surface area contributed by atoms with Crippen LogP contribution in [0.5, 0.6) is 11.5 Å². The Morgan fingerprint density at radius 1 is 0.950 bits per heavy atom. The molecule has 2 aromatic rings. The molecule has 0 saturated heterocycles. The Bertz CT molecular complexity index is 594. The Labute approximate surface area is 120 Å². The molecule has 0 atom stereocenters. The molecule has 0 aromatic heterocycles. The Kier molecular flexibility index (Phi) is 4.51. The summed E-state index contributed by atoms with van der Waals surface area (Å²) in [5.41, 5.74) is 4.70. The van der Waals surface area contributed by atoms with E-state index in [9.17, 15) is 0 Å². The third-order valence-electron chi connectivity index (χ3n) is 3.45. The zero-order valence-electron chi connectivity index (χ0n) is 12.5. The van der Waals surface area contributed by atoms with E-state index in [1.807, 2.05) is 24.3 Å². The lowest BCUT2D eigenvalue weighted by Crippen LogP contribution is -2.03. The molecule has 2 aromatic carbocycles. The van der Waals surface area contributed by atoms with Gasteiger partial charge in [0.25, 0.3) is 0 Å². The van der Waals surface area contributed by atoms with E-state index in [4.69, 9.17) is 9.47 Å². The Morgan fingerprint density at radius 3 is 2.40 bits per heavy atom. The van der Waals surface area contributed by atoms with Crippen LogP contribution in [0.1, 0.15) is 16.7 Å². The number of aryl methyl sites for hydroxylation is 2. The van der Waals surface area contributed by atoms with Crippen molar-refractivity contribution in [3.05, 3.63) is 53.1 Å². The maximum atomic E-state index is 5.45. The van der Waals surface area contributed by atoms with Gasteiger partial charge in [-0.3, -0.25) is 0 Å². The molecule has 3 nitrogen and oxygen atoms in total. The van der Waals surface area contributed by atoms with Gasteiger partial charge in [0.05, 0.1) is 14.2 Å². The summed E-state index contributed by atoms with van der Waals surface area (Å²) in [7, 11) is 3.38. The maximum Gasteiger partial charge on any atom is 0.124 e. The van der Waals surface area contributed by atoms with Crippen molar-refractivity contribution in [3.63, 3.8) is 0 Å². The fraction of sp³-hybridized carbons (Fsp3) is 0.294. The first-order valence-electron chi connectivity index (χ1n) is 6.66. The minimum absolute atomic E-state index is 0.720. The number of nitrogens with one attached hydrogen (secondary N) is 1. The quantitative estimate of drug-likeness (QED) is 0.893. The number of benzene rings is 2. The van der Waals surface area contributed by atoms with Crippen molar-refractivity contribution in [2.24, 2.45) is 0 Å². The van der Waals surface area contributed by atoms with E-state index in [2.05, 4.69) is 31.3 Å². The van der Waals surface area contributed by atoms with E-state index in [-0.39, 0.29) is 0 Å². The first kappa shape index (κ1) is 14.3. The monoisotopic (exact) mass is 271 g/mol. The molecule has 0 aliphatic carbocycles. The summed E-state index contributed by atoms with van der Waals surface area (Å²) >= 11 is 0. The van der Waals surface area contributed by atoms with Gasteiger partial charge >= 0.3 is 0 Å². The molecule has 0 fully saturated rings. The zero-order valence-corrected chi connectivity index (χ0v) is 12.5. The standard InChI is InChI=1S/C17H21NO2/c1-12-8-14(17(20-4)9-13(12)2)11-18-15-6-5-7-16(10-15)19-3/h5-10,18H,11H2,1-4H3. The summed E-state index contributed by atoms with van der Waals surface area (Å²) in [5, 5.41) is 3.40. The maximum absolute atomic E-state index is 5.45. The van der Waals surface area contributed by atoms with Gasteiger partial charge in [-0.25, -0.2) is 0 Å². The average Bonchev–Trinajstić information content (AvgIpc) is 2.48. The molecule has 0 amide bonds. The lowest BCUT2D eigenvalue weighted by atomic mass is 10.0. The van der Waals surface area contributed by atoms with Gasteiger partial charge < -0.3 is 14.8 Å². The van der Waals surface area contributed by atoms with Crippen molar-refractivity contribution in [2.75, 3.05) is 19.5 Å². The molecule has 0 radical (unpaired) electrons. The van der Waals surface area contributed by atoms with E-state index >= 15 is 0 Å². The third-order valence-corrected chi connectivity index (χ3v) is 3.45. The predicted molar refractivity (Wildman–Crippen MR) is 82.8 cm³/mol. The molecule has 0 aliphatic rings. The largest absolute Gasteiger partial charge is 0.497 e. The van der Waals surface area contributed by atoms with Crippen LogP contribution in [0.4, 0.5) is 5.69 Å². The van der Waals surface area contributed by atoms with Crippen LogP contribution < -0.4 is 14.8 Å². The van der Waals surface area contributed by atoms with Crippen LogP contribution in [0, 0.1) is 13.8 Å². The second-order valence-electron chi connectivity index (χ2n) is 4.83. The second kappa shape index (κ2) is 6.33. The summed E-state index contributed by atoms with van der Waals surface area (Å²) in [6.07, 6.45) is 0. The molecule has 0 unspecified atom stereocenters. The normalized spacial score (nSPS) is 10.2. The van der Waals surface area contributed by atoms with Crippen molar-refractivity contribution in [3.8, 4) is 11.5 Å². The number of methoxy groups -OCH3 is 2. The second-order valence-corrected chi connectivity index (χ2v) is 4.83. The van der Waals surface area contributed by atoms with E-state index < -0.39 is 0 Å². The number of rotatable bonds is 5.